The highest BCUT2D eigenvalue weighted by Gasteiger charge is 2.39. The van der Waals surface area contributed by atoms with Crippen LogP contribution in [-0.2, 0) is 11.3 Å². The number of amides is 1. The molecular formula is C16H23BrN2O. The molecule has 1 aliphatic rings. The van der Waals surface area contributed by atoms with E-state index in [4.69, 9.17) is 5.73 Å². The first-order valence-corrected chi connectivity index (χ1v) is 8.08. The van der Waals surface area contributed by atoms with Crippen LogP contribution in [0.1, 0.15) is 38.2 Å². The second-order valence-electron chi connectivity index (χ2n) is 5.94. The molecule has 4 heteroatoms. The van der Waals surface area contributed by atoms with Crippen molar-refractivity contribution in [2.75, 3.05) is 6.54 Å². The zero-order valence-corrected chi connectivity index (χ0v) is 13.6. The van der Waals surface area contributed by atoms with Crippen molar-refractivity contribution in [3.63, 3.8) is 0 Å². The highest BCUT2D eigenvalue weighted by atomic mass is 79.9. The zero-order chi connectivity index (χ0) is 14.6. The Morgan fingerprint density at radius 3 is 2.65 bits per heavy atom. The average molecular weight is 339 g/mol. The molecule has 0 spiro atoms. The number of carbonyl (C=O) groups is 1. The van der Waals surface area contributed by atoms with Crippen molar-refractivity contribution in [1.29, 1.82) is 0 Å². The normalized spacial score (nSPS) is 26.2. The lowest BCUT2D eigenvalue weighted by molar-refractivity contribution is -0.133. The number of rotatable bonds is 4. The lowest BCUT2D eigenvalue weighted by Gasteiger charge is -2.37. The van der Waals surface area contributed by atoms with E-state index in [1.807, 2.05) is 24.3 Å². The highest BCUT2D eigenvalue weighted by Crippen LogP contribution is 2.38. The summed E-state index contributed by atoms with van der Waals surface area (Å²) in [6.45, 7) is 3.25. The second-order valence-corrected chi connectivity index (χ2v) is 6.80. The number of hydrogen-bond donors (Lipinski definition) is 2. The molecule has 20 heavy (non-hydrogen) atoms. The van der Waals surface area contributed by atoms with Crippen LogP contribution in [0.5, 0.6) is 0 Å². The van der Waals surface area contributed by atoms with E-state index in [0.29, 0.717) is 19.0 Å². The van der Waals surface area contributed by atoms with Crippen LogP contribution < -0.4 is 11.1 Å². The Bertz CT molecular complexity index is 467. The summed E-state index contributed by atoms with van der Waals surface area (Å²) in [5, 5.41) is 3.07. The topological polar surface area (TPSA) is 55.1 Å². The summed E-state index contributed by atoms with van der Waals surface area (Å²) in [7, 11) is 0. The number of hydrogen-bond acceptors (Lipinski definition) is 2. The van der Waals surface area contributed by atoms with Crippen LogP contribution in [0, 0.1) is 11.3 Å². The maximum atomic E-state index is 12.5. The minimum Gasteiger partial charge on any atom is -0.351 e. The van der Waals surface area contributed by atoms with Gasteiger partial charge in [0.2, 0.25) is 5.91 Å². The number of nitrogens with one attached hydrogen (secondary N) is 1. The van der Waals surface area contributed by atoms with E-state index in [1.165, 1.54) is 0 Å². The Morgan fingerprint density at radius 2 is 2.05 bits per heavy atom. The number of carbonyl (C=O) groups excluding carboxylic acids is 1. The first-order chi connectivity index (χ1) is 9.57. The third kappa shape index (κ3) is 3.41. The van der Waals surface area contributed by atoms with Crippen molar-refractivity contribution in [1.82, 2.24) is 5.32 Å². The molecule has 1 aliphatic carbocycles. The van der Waals surface area contributed by atoms with Gasteiger partial charge in [0.1, 0.15) is 0 Å². The minimum atomic E-state index is -0.353. The first-order valence-electron chi connectivity index (χ1n) is 7.29. The van der Waals surface area contributed by atoms with Gasteiger partial charge < -0.3 is 11.1 Å². The van der Waals surface area contributed by atoms with Crippen LogP contribution in [0.2, 0.25) is 0 Å². The van der Waals surface area contributed by atoms with Crippen LogP contribution in [0.25, 0.3) is 0 Å². The first kappa shape index (κ1) is 15.5. The van der Waals surface area contributed by atoms with Crippen LogP contribution in [0.15, 0.2) is 28.7 Å². The van der Waals surface area contributed by atoms with E-state index < -0.39 is 0 Å². The van der Waals surface area contributed by atoms with Gasteiger partial charge >= 0.3 is 0 Å². The Balaban J connectivity index is 1.98. The van der Waals surface area contributed by atoms with Crippen molar-refractivity contribution in [3.05, 3.63) is 34.3 Å². The maximum absolute atomic E-state index is 12.5. The van der Waals surface area contributed by atoms with E-state index in [-0.39, 0.29) is 11.3 Å². The molecule has 1 aromatic carbocycles. The van der Waals surface area contributed by atoms with Gasteiger partial charge in [-0.1, -0.05) is 41.1 Å². The molecule has 2 rings (SSSR count). The van der Waals surface area contributed by atoms with Gasteiger partial charge in [0.05, 0.1) is 5.41 Å². The summed E-state index contributed by atoms with van der Waals surface area (Å²) >= 11 is 3.50. The van der Waals surface area contributed by atoms with Crippen LogP contribution in [0.3, 0.4) is 0 Å². The Morgan fingerprint density at radius 1 is 1.40 bits per heavy atom. The molecule has 1 saturated carbocycles. The Labute approximate surface area is 129 Å². The van der Waals surface area contributed by atoms with Gasteiger partial charge in [-0.3, -0.25) is 4.79 Å². The molecule has 0 radical (unpaired) electrons. The summed E-state index contributed by atoms with van der Waals surface area (Å²) < 4.78 is 1.03. The molecule has 0 bridgehead atoms. The van der Waals surface area contributed by atoms with Crippen molar-refractivity contribution in [2.45, 2.75) is 39.2 Å². The van der Waals surface area contributed by atoms with E-state index in [0.717, 1.165) is 35.7 Å². The predicted molar refractivity (Wildman–Crippen MR) is 85.1 cm³/mol. The van der Waals surface area contributed by atoms with E-state index in [9.17, 15) is 4.79 Å². The summed E-state index contributed by atoms with van der Waals surface area (Å²) in [5.41, 5.74) is 6.65. The van der Waals surface area contributed by atoms with Crippen LogP contribution >= 0.6 is 15.9 Å². The molecule has 110 valence electrons. The van der Waals surface area contributed by atoms with Crippen molar-refractivity contribution < 1.29 is 4.79 Å². The molecule has 1 fully saturated rings. The molecule has 1 aromatic rings. The molecule has 0 aliphatic heterocycles. The number of nitrogens with two attached hydrogens (primary N) is 1. The zero-order valence-electron chi connectivity index (χ0n) is 12.0. The highest BCUT2D eigenvalue weighted by molar-refractivity contribution is 9.10. The van der Waals surface area contributed by atoms with E-state index >= 15 is 0 Å². The lowest BCUT2D eigenvalue weighted by atomic mass is 9.70. The molecule has 0 aromatic heterocycles. The van der Waals surface area contributed by atoms with Gasteiger partial charge in [-0.05, 0) is 43.2 Å². The van der Waals surface area contributed by atoms with Crippen molar-refractivity contribution in [2.24, 2.45) is 17.1 Å². The third-order valence-electron chi connectivity index (χ3n) is 4.50. The smallest absolute Gasteiger partial charge is 0.227 e. The minimum absolute atomic E-state index is 0.114. The summed E-state index contributed by atoms with van der Waals surface area (Å²) in [5.74, 6) is 0.827. The quantitative estimate of drug-likeness (QED) is 0.885. The predicted octanol–water partition coefficient (Wildman–Crippen LogP) is 3.22. The number of benzene rings is 1. The maximum Gasteiger partial charge on any atom is 0.227 e. The van der Waals surface area contributed by atoms with Gasteiger partial charge in [-0.2, -0.15) is 0 Å². The lowest BCUT2D eigenvalue weighted by Crippen LogP contribution is -2.47. The van der Waals surface area contributed by atoms with Crippen LogP contribution in [0.4, 0.5) is 0 Å². The summed E-state index contributed by atoms with van der Waals surface area (Å²) in [4.78, 5) is 12.5. The molecule has 0 saturated heterocycles. The monoisotopic (exact) mass is 338 g/mol. The van der Waals surface area contributed by atoms with Gasteiger partial charge in [0.15, 0.2) is 0 Å². The van der Waals surface area contributed by atoms with Gasteiger partial charge in [0, 0.05) is 17.6 Å². The second kappa shape index (κ2) is 6.72. The van der Waals surface area contributed by atoms with Gasteiger partial charge in [0.25, 0.3) is 0 Å². The van der Waals surface area contributed by atoms with E-state index in [2.05, 4.69) is 28.2 Å². The molecule has 1 amide bonds. The molecule has 3 nitrogen and oxygen atoms in total. The third-order valence-corrected chi connectivity index (χ3v) is 5.27. The number of halogens is 1. The van der Waals surface area contributed by atoms with Crippen LogP contribution in [-0.4, -0.2) is 12.5 Å². The van der Waals surface area contributed by atoms with Crippen molar-refractivity contribution >= 4 is 21.8 Å². The average Bonchev–Trinajstić information content (AvgIpc) is 2.47. The fourth-order valence-electron chi connectivity index (χ4n) is 2.84. The molecule has 0 unspecified atom stereocenters. The van der Waals surface area contributed by atoms with Gasteiger partial charge in [-0.25, -0.2) is 0 Å². The standard InChI is InChI=1S/C16H23BrN2O/c1-12-6-8-16(11-18,9-7-12)15(20)19-10-13-4-2-3-5-14(13)17/h2-5,12H,6-11,18H2,1H3,(H,19,20). The molecule has 3 N–H and O–H groups in total. The molecule has 0 atom stereocenters. The largest absolute Gasteiger partial charge is 0.351 e. The summed E-state index contributed by atoms with van der Waals surface area (Å²) in [6.07, 6.45) is 4.01. The molecular weight excluding hydrogens is 316 g/mol. The Hall–Kier alpha value is -0.870. The summed E-state index contributed by atoms with van der Waals surface area (Å²) in [6, 6.07) is 7.96. The SMILES string of the molecule is CC1CCC(CN)(C(=O)NCc2ccccc2Br)CC1. The van der Waals surface area contributed by atoms with E-state index in [1.54, 1.807) is 0 Å². The molecule has 0 heterocycles. The van der Waals surface area contributed by atoms with Crippen molar-refractivity contribution in [3.8, 4) is 0 Å². The van der Waals surface area contributed by atoms with Gasteiger partial charge in [-0.15, -0.1) is 0 Å². The fourth-order valence-corrected chi connectivity index (χ4v) is 3.27. The Kier molecular flexibility index (Phi) is 5.22. The fraction of sp³-hybridized carbons (Fsp3) is 0.562.